The third-order valence-corrected chi connectivity index (χ3v) is 3.46. The number of nitrogens with one attached hydrogen (secondary N) is 1. The van der Waals surface area contributed by atoms with E-state index in [1.165, 1.54) is 7.11 Å². The molecule has 1 unspecified atom stereocenters. The molecule has 0 radical (unpaired) electrons. The van der Waals surface area contributed by atoms with Gasteiger partial charge in [-0.15, -0.1) is 0 Å². The summed E-state index contributed by atoms with van der Waals surface area (Å²) in [5, 5.41) is 11.7. The number of carbonyl (C=O) groups is 2. The molecule has 0 heterocycles. The molecule has 1 amide bonds. The average Bonchev–Trinajstić information content (AvgIpc) is 2.61. The lowest BCUT2D eigenvalue weighted by molar-refractivity contribution is 0.0600. The number of amides is 1. The predicted molar refractivity (Wildman–Crippen MR) is 84.8 cm³/mol. The highest BCUT2D eigenvalue weighted by Gasteiger charge is 2.12. The molecule has 2 aromatic carbocycles. The van der Waals surface area contributed by atoms with Gasteiger partial charge in [0.2, 0.25) is 0 Å². The van der Waals surface area contributed by atoms with Crippen LogP contribution in [0.2, 0.25) is 0 Å². The van der Waals surface area contributed by atoms with E-state index in [0.29, 0.717) is 16.7 Å². The minimum atomic E-state index is -0.442. The molecule has 0 aliphatic carbocycles. The maximum Gasteiger partial charge on any atom is 0.337 e. The van der Waals surface area contributed by atoms with Gasteiger partial charge >= 0.3 is 5.97 Å². The largest absolute Gasteiger partial charge is 0.465 e. The van der Waals surface area contributed by atoms with Gasteiger partial charge in [0.15, 0.2) is 0 Å². The molecule has 0 aliphatic heterocycles. The lowest BCUT2D eigenvalue weighted by atomic mass is 10.1. The van der Waals surface area contributed by atoms with E-state index in [-0.39, 0.29) is 11.9 Å². The number of carbonyl (C=O) groups excluding carboxylic acids is 2. The van der Waals surface area contributed by atoms with Gasteiger partial charge in [-0.2, -0.15) is 5.26 Å². The second kappa shape index (κ2) is 7.23. The zero-order valence-electron chi connectivity index (χ0n) is 12.9. The molecule has 0 aromatic heterocycles. The Hall–Kier alpha value is -3.13. The molecule has 0 aliphatic rings. The molecule has 0 bridgehead atoms. The number of nitrogens with zero attached hydrogens (tertiary/aromatic N) is 1. The molecule has 2 aromatic rings. The fourth-order valence-electron chi connectivity index (χ4n) is 2.09. The average molecular weight is 308 g/mol. The first kappa shape index (κ1) is 16.2. The van der Waals surface area contributed by atoms with Crippen molar-refractivity contribution >= 4 is 11.9 Å². The minimum absolute atomic E-state index is 0.199. The van der Waals surface area contributed by atoms with Crippen molar-refractivity contribution in [1.29, 1.82) is 5.26 Å². The van der Waals surface area contributed by atoms with Gasteiger partial charge in [0, 0.05) is 5.56 Å². The lowest BCUT2D eigenvalue weighted by Crippen LogP contribution is -2.26. The number of esters is 1. The summed E-state index contributed by atoms with van der Waals surface area (Å²) in [5.74, 6) is -0.679. The van der Waals surface area contributed by atoms with Gasteiger partial charge in [0.25, 0.3) is 5.91 Å². The maximum absolute atomic E-state index is 12.2. The molecule has 0 saturated heterocycles. The highest BCUT2D eigenvalue weighted by Crippen LogP contribution is 2.14. The van der Waals surface area contributed by atoms with Crippen molar-refractivity contribution < 1.29 is 14.3 Å². The second-order valence-electron chi connectivity index (χ2n) is 5.00. The summed E-state index contributed by atoms with van der Waals surface area (Å²) in [4.78, 5) is 23.6. The smallest absolute Gasteiger partial charge is 0.337 e. The monoisotopic (exact) mass is 308 g/mol. The normalized spacial score (nSPS) is 11.2. The zero-order chi connectivity index (χ0) is 16.8. The van der Waals surface area contributed by atoms with Gasteiger partial charge < -0.3 is 10.1 Å². The van der Waals surface area contributed by atoms with Crippen molar-refractivity contribution in [2.45, 2.75) is 13.0 Å². The molecule has 0 fully saturated rings. The molecular formula is C18H16N2O3. The van der Waals surface area contributed by atoms with Crippen molar-refractivity contribution in [3.63, 3.8) is 0 Å². The highest BCUT2D eigenvalue weighted by molar-refractivity contribution is 5.96. The van der Waals surface area contributed by atoms with Gasteiger partial charge in [-0.3, -0.25) is 4.79 Å². The Morgan fingerprint density at radius 2 is 1.61 bits per heavy atom. The van der Waals surface area contributed by atoms with Gasteiger partial charge in [0.1, 0.15) is 0 Å². The van der Waals surface area contributed by atoms with E-state index in [9.17, 15) is 9.59 Å². The third-order valence-electron chi connectivity index (χ3n) is 3.46. The van der Waals surface area contributed by atoms with Gasteiger partial charge in [-0.25, -0.2) is 4.79 Å². The number of nitriles is 1. The fourth-order valence-corrected chi connectivity index (χ4v) is 2.09. The van der Waals surface area contributed by atoms with Crippen LogP contribution in [0.5, 0.6) is 0 Å². The van der Waals surface area contributed by atoms with Crippen LogP contribution in [-0.2, 0) is 4.74 Å². The molecule has 0 saturated carbocycles. The van der Waals surface area contributed by atoms with E-state index >= 15 is 0 Å². The summed E-state index contributed by atoms with van der Waals surface area (Å²) in [6.07, 6.45) is 0. The van der Waals surface area contributed by atoms with E-state index in [1.807, 2.05) is 19.1 Å². The summed E-state index contributed by atoms with van der Waals surface area (Å²) in [5.41, 5.74) is 2.33. The van der Waals surface area contributed by atoms with Crippen molar-refractivity contribution in [3.05, 3.63) is 70.8 Å². The van der Waals surface area contributed by atoms with E-state index in [4.69, 9.17) is 5.26 Å². The molecule has 116 valence electrons. The summed E-state index contributed by atoms with van der Waals surface area (Å²) < 4.78 is 4.62. The lowest BCUT2D eigenvalue weighted by Gasteiger charge is -2.14. The van der Waals surface area contributed by atoms with Crippen molar-refractivity contribution in [3.8, 4) is 6.07 Å². The van der Waals surface area contributed by atoms with Gasteiger partial charge in [-0.05, 0) is 48.9 Å². The molecule has 2 rings (SSSR count). The summed E-state index contributed by atoms with van der Waals surface area (Å²) in [7, 11) is 1.31. The van der Waals surface area contributed by atoms with E-state index in [2.05, 4.69) is 16.1 Å². The number of hydrogen-bond acceptors (Lipinski definition) is 4. The number of benzene rings is 2. The second-order valence-corrected chi connectivity index (χ2v) is 5.00. The van der Waals surface area contributed by atoms with Crippen LogP contribution < -0.4 is 5.32 Å². The first-order valence-electron chi connectivity index (χ1n) is 7.04. The highest BCUT2D eigenvalue weighted by atomic mass is 16.5. The van der Waals surface area contributed by atoms with Crippen LogP contribution in [0.1, 0.15) is 44.8 Å². The van der Waals surface area contributed by atoms with Gasteiger partial charge in [0.05, 0.1) is 30.3 Å². The number of hydrogen-bond donors (Lipinski definition) is 1. The zero-order valence-corrected chi connectivity index (χ0v) is 12.9. The van der Waals surface area contributed by atoms with E-state index in [0.717, 1.165) is 5.56 Å². The van der Waals surface area contributed by atoms with Crippen LogP contribution in [-0.4, -0.2) is 19.0 Å². The van der Waals surface area contributed by atoms with Crippen LogP contribution in [0.15, 0.2) is 48.5 Å². The van der Waals surface area contributed by atoms with E-state index in [1.54, 1.807) is 36.4 Å². The van der Waals surface area contributed by atoms with Crippen molar-refractivity contribution in [2.24, 2.45) is 0 Å². The van der Waals surface area contributed by atoms with Crippen LogP contribution in [0.3, 0.4) is 0 Å². The van der Waals surface area contributed by atoms with Crippen LogP contribution in [0.4, 0.5) is 0 Å². The first-order valence-corrected chi connectivity index (χ1v) is 7.04. The Labute approximate surface area is 134 Å². The number of methoxy groups -OCH3 is 1. The Bertz CT molecular complexity index is 743. The molecule has 1 N–H and O–H groups in total. The Balaban J connectivity index is 2.05. The quantitative estimate of drug-likeness (QED) is 0.881. The maximum atomic E-state index is 12.2. The first-order chi connectivity index (χ1) is 11.0. The molecule has 1 atom stereocenters. The van der Waals surface area contributed by atoms with Crippen LogP contribution in [0, 0.1) is 11.3 Å². The Morgan fingerprint density at radius 3 is 2.13 bits per heavy atom. The number of ether oxygens (including phenoxy) is 1. The Kier molecular flexibility index (Phi) is 5.11. The fraction of sp³-hybridized carbons (Fsp3) is 0.167. The molecular weight excluding hydrogens is 292 g/mol. The third kappa shape index (κ3) is 3.95. The standard InChI is InChI=1S/C18H16N2O3/c1-12(14-5-3-13(11-19)4-6-14)20-17(21)15-7-9-16(10-8-15)18(22)23-2/h3-10,12H,1-2H3,(H,20,21). The summed E-state index contributed by atoms with van der Waals surface area (Å²) >= 11 is 0. The van der Waals surface area contributed by atoms with E-state index < -0.39 is 5.97 Å². The molecule has 0 spiro atoms. The molecule has 5 heteroatoms. The summed E-state index contributed by atoms with van der Waals surface area (Å²) in [6.45, 7) is 1.86. The number of rotatable bonds is 4. The summed E-state index contributed by atoms with van der Waals surface area (Å²) in [6, 6.07) is 15.1. The predicted octanol–water partition coefficient (Wildman–Crippen LogP) is 2.84. The molecule has 5 nitrogen and oxygen atoms in total. The van der Waals surface area contributed by atoms with Crippen LogP contribution >= 0.6 is 0 Å². The van der Waals surface area contributed by atoms with Crippen molar-refractivity contribution in [2.75, 3.05) is 7.11 Å². The minimum Gasteiger partial charge on any atom is -0.465 e. The van der Waals surface area contributed by atoms with Gasteiger partial charge in [-0.1, -0.05) is 12.1 Å². The van der Waals surface area contributed by atoms with Crippen LogP contribution in [0.25, 0.3) is 0 Å². The van der Waals surface area contributed by atoms with Crippen molar-refractivity contribution in [1.82, 2.24) is 5.32 Å². The molecule has 23 heavy (non-hydrogen) atoms. The SMILES string of the molecule is COC(=O)c1ccc(C(=O)NC(C)c2ccc(C#N)cc2)cc1. The topological polar surface area (TPSA) is 79.2 Å². The Morgan fingerprint density at radius 1 is 1.04 bits per heavy atom.